The molecular formula is C9H14O2Si. The van der Waals surface area contributed by atoms with E-state index in [1.54, 1.807) is 0 Å². The highest BCUT2D eigenvalue weighted by Crippen LogP contribution is 2.09. The van der Waals surface area contributed by atoms with Gasteiger partial charge in [0.2, 0.25) is 0 Å². The highest BCUT2D eigenvalue weighted by molar-refractivity contribution is 6.63. The Morgan fingerprint density at radius 3 is 2.25 bits per heavy atom. The molecule has 1 aromatic rings. The largest absolute Gasteiger partial charge is 0.410 e. The van der Waals surface area contributed by atoms with Crippen LogP contribution in [0.2, 0.25) is 6.04 Å². The van der Waals surface area contributed by atoms with Crippen LogP contribution in [0.3, 0.4) is 0 Å². The highest BCUT2D eigenvalue weighted by atomic mass is 28.4. The van der Waals surface area contributed by atoms with E-state index in [9.17, 15) is 9.59 Å². The van der Waals surface area contributed by atoms with Gasteiger partial charge in [-0.2, -0.15) is 0 Å². The Hall–Kier alpha value is -0.643. The summed E-state index contributed by atoms with van der Waals surface area (Å²) in [6.45, 7) is 1.81. The molecule has 12 heavy (non-hydrogen) atoms. The van der Waals surface area contributed by atoms with Gasteiger partial charge in [-0.05, 0) is 11.6 Å². The molecule has 0 aliphatic carbocycles. The van der Waals surface area contributed by atoms with Crippen LogP contribution in [-0.2, 0) is 6.04 Å². The average Bonchev–Trinajstić information content (AvgIpc) is 2.06. The van der Waals surface area contributed by atoms with Gasteiger partial charge in [0.15, 0.2) is 0 Å². The fourth-order valence-electron chi connectivity index (χ4n) is 1.05. The van der Waals surface area contributed by atoms with E-state index in [0.29, 0.717) is 12.1 Å². The van der Waals surface area contributed by atoms with E-state index in [4.69, 9.17) is 0 Å². The first-order chi connectivity index (χ1) is 5.64. The van der Waals surface area contributed by atoms with Crippen LogP contribution in [0.1, 0.15) is 12.5 Å². The van der Waals surface area contributed by atoms with Gasteiger partial charge >= 0.3 is 8.56 Å². The maximum Gasteiger partial charge on any atom is 0.336 e. The van der Waals surface area contributed by atoms with Crippen molar-refractivity contribution in [2.75, 3.05) is 0 Å². The molecule has 66 valence electrons. The summed E-state index contributed by atoms with van der Waals surface area (Å²) in [5, 5.41) is 0. The van der Waals surface area contributed by atoms with Crippen LogP contribution in [0, 0.1) is 0 Å². The van der Waals surface area contributed by atoms with Crippen LogP contribution in [-0.4, -0.2) is 18.2 Å². The predicted octanol–water partition coefficient (Wildman–Crippen LogP) is 1.21. The van der Waals surface area contributed by atoms with Crippen molar-refractivity contribution in [3.05, 3.63) is 35.9 Å². The highest BCUT2D eigenvalue weighted by Gasteiger charge is 2.26. The van der Waals surface area contributed by atoms with Crippen LogP contribution < -0.4 is 0 Å². The van der Waals surface area contributed by atoms with Crippen LogP contribution in [0.25, 0.3) is 0 Å². The SMILES string of the molecule is CC[Si](O)(O)Cc1ccccc1. The van der Waals surface area contributed by atoms with Crippen molar-refractivity contribution < 1.29 is 9.59 Å². The lowest BCUT2D eigenvalue weighted by atomic mass is 10.2. The zero-order valence-corrected chi connectivity index (χ0v) is 8.20. The molecule has 0 radical (unpaired) electrons. The first kappa shape index (κ1) is 9.44. The van der Waals surface area contributed by atoms with Gasteiger partial charge in [-0.3, -0.25) is 0 Å². The second kappa shape index (κ2) is 3.84. The molecule has 3 heteroatoms. The van der Waals surface area contributed by atoms with Crippen LogP contribution >= 0.6 is 0 Å². The molecule has 0 amide bonds. The minimum atomic E-state index is -2.92. The van der Waals surface area contributed by atoms with Crippen molar-refractivity contribution in [2.45, 2.75) is 19.0 Å². The lowest BCUT2D eigenvalue weighted by Crippen LogP contribution is -2.36. The number of rotatable bonds is 3. The molecule has 0 spiro atoms. The van der Waals surface area contributed by atoms with Gasteiger partial charge in [0.25, 0.3) is 0 Å². The zero-order chi connectivity index (χ0) is 9.03. The summed E-state index contributed by atoms with van der Waals surface area (Å²) in [5.74, 6) is 0. The normalized spacial score (nSPS) is 11.6. The summed E-state index contributed by atoms with van der Waals surface area (Å²) in [6.07, 6.45) is 0. The first-order valence-corrected chi connectivity index (χ1v) is 6.43. The van der Waals surface area contributed by atoms with Gasteiger partial charge in [0.05, 0.1) is 0 Å². The smallest absolute Gasteiger partial charge is 0.336 e. The Morgan fingerprint density at radius 1 is 1.17 bits per heavy atom. The van der Waals surface area contributed by atoms with Gasteiger partial charge in [0.1, 0.15) is 0 Å². The molecular weight excluding hydrogens is 168 g/mol. The second-order valence-corrected chi connectivity index (χ2v) is 6.02. The molecule has 0 unspecified atom stereocenters. The molecule has 0 atom stereocenters. The topological polar surface area (TPSA) is 40.5 Å². The van der Waals surface area contributed by atoms with E-state index in [0.717, 1.165) is 5.56 Å². The monoisotopic (exact) mass is 182 g/mol. The summed E-state index contributed by atoms with van der Waals surface area (Å²) < 4.78 is 0. The summed E-state index contributed by atoms with van der Waals surface area (Å²) in [4.78, 5) is 18.9. The summed E-state index contributed by atoms with van der Waals surface area (Å²) in [5.41, 5.74) is 1.01. The third-order valence-corrected chi connectivity index (χ3v) is 4.00. The molecule has 1 aromatic carbocycles. The van der Waals surface area contributed by atoms with Gasteiger partial charge in [0, 0.05) is 6.04 Å². The van der Waals surface area contributed by atoms with Crippen molar-refractivity contribution in [2.24, 2.45) is 0 Å². The fraction of sp³-hybridized carbons (Fsp3) is 0.333. The Kier molecular flexibility index (Phi) is 3.03. The van der Waals surface area contributed by atoms with Crippen molar-refractivity contribution in [3.63, 3.8) is 0 Å². The lowest BCUT2D eigenvalue weighted by molar-refractivity contribution is 0.359. The Balaban J connectivity index is 2.64. The summed E-state index contributed by atoms with van der Waals surface area (Å²) >= 11 is 0. The van der Waals surface area contributed by atoms with E-state index >= 15 is 0 Å². The maximum atomic E-state index is 9.47. The standard InChI is InChI=1S/C9H14O2Si/c1-2-12(10,11)8-9-6-4-3-5-7-9/h3-7,10-11H,2,8H2,1H3. The van der Waals surface area contributed by atoms with Gasteiger partial charge in [-0.1, -0.05) is 37.3 Å². The molecule has 0 aliphatic heterocycles. The van der Waals surface area contributed by atoms with E-state index in [1.165, 1.54) is 0 Å². The second-order valence-electron chi connectivity index (χ2n) is 3.00. The minimum Gasteiger partial charge on any atom is -0.410 e. The molecule has 0 saturated heterocycles. The average molecular weight is 182 g/mol. The predicted molar refractivity (Wildman–Crippen MR) is 50.8 cm³/mol. The third kappa shape index (κ3) is 2.77. The number of hydrogen-bond acceptors (Lipinski definition) is 2. The number of hydrogen-bond donors (Lipinski definition) is 2. The molecule has 0 fully saturated rings. The van der Waals surface area contributed by atoms with Gasteiger partial charge < -0.3 is 9.59 Å². The molecule has 0 aromatic heterocycles. The minimum absolute atomic E-state index is 0.435. The fourth-order valence-corrected chi connectivity index (χ4v) is 2.19. The van der Waals surface area contributed by atoms with E-state index in [-0.39, 0.29) is 0 Å². The molecule has 0 bridgehead atoms. The molecule has 2 N–H and O–H groups in total. The zero-order valence-electron chi connectivity index (χ0n) is 7.20. The first-order valence-electron chi connectivity index (χ1n) is 4.13. The van der Waals surface area contributed by atoms with E-state index in [1.807, 2.05) is 37.3 Å². The van der Waals surface area contributed by atoms with Crippen LogP contribution in [0.5, 0.6) is 0 Å². The number of benzene rings is 1. The van der Waals surface area contributed by atoms with Crippen LogP contribution in [0.15, 0.2) is 30.3 Å². The summed E-state index contributed by atoms with van der Waals surface area (Å²) in [7, 11) is -2.92. The quantitative estimate of drug-likeness (QED) is 0.690. The lowest BCUT2D eigenvalue weighted by Gasteiger charge is -2.14. The molecule has 0 saturated carbocycles. The molecule has 0 heterocycles. The molecule has 2 nitrogen and oxygen atoms in total. The van der Waals surface area contributed by atoms with Crippen LogP contribution in [0.4, 0.5) is 0 Å². The Morgan fingerprint density at radius 2 is 1.75 bits per heavy atom. The van der Waals surface area contributed by atoms with Crippen molar-refractivity contribution >= 4 is 8.56 Å². The van der Waals surface area contributed by atoms with Gasteiger partial charge in [-0.25, -0.2) is 0 Å². The van der Waals surface area contributed by atoms with Crippen molar-refractivity contribution in [1.29, 1.82) is 0 Å². The van der Waals surface area contributed by atoms with E-state index < -0.39 is 8.56 Å². The van der Waals surface area contributed by atoms with E-state index in [2.05, 4.69) is 0 Å². The molecule has 1 rings (SSSR count). The Labute approximate surface area is 73.7 Å². The van der Waals surface area contributed by atoms with Gasteiger partial charge in [-0.15, -0.1) is 0 Å². The molecule has 0 aliphatic rings. The van der Waals surface area contributed by atoms with Crippen molar-refractivity contribution in [1.82, 2.24) is 0 Å². The summed E-state index contributed by atoms with van der Waals surface area (Å²) in [6, 6.07) is 10.5. The Bertz CT molecular complexity index is 234. The third-order valence-electron chi connectivity index (χ3n) is 1.90. The van der Waals surface area contributed by atoms with Crippen molar-refractivity contribution in [3.8, 4) is 0 Å². The maximum absolute atomic E-state index is 9.47.